The zero-order valence-corrected chi connectivity index (χ0v) is 18.0. The van der Waals surface area contributed by atoms with E-state index in [1.165, 1.54) is 40.6 Å². The Morgan fingerprint density at radius 3 is 2.61 bits per heavy atom. The third-order valence-corrected chi connectivity index (χ3v) is 6.43. The summed E-state index contributed by atoms with van der Waals surface area (Å²) in [5.41, 5.74) is 5.94. The average molecular weight is 430 g/mol. The highest BCUT2D eigenvalue weighted by molar-refractivity contribution is 7.98. The van der Waals surface area contributed by atoms with Gasteiger partial charge < -0.3 is 4.98 Å². The Bertz CT molecular complexity index is 1490. The van der Waals surface area contributed by atoms with E-state index in [1.807, 2.05) is 24.3 Å². The van der Waals surface area contributed by atoms with Crippen LogP contribution in [0, 0.1) is 19.7 Å². The van der Waals surface area contributed by atoms with Crippen molar-refractivity contribution < 1.29 is 4.39 Å². The van der Waals surface area contributed by atoms with E-state index in [1.54, 1.807) is 16.7 Å². The van der Waals surface area contributed by atoms with Gasteiger partial charge in [-0.1, -0.05) is 53.7 Å². The van der Waals surface area contributed by atoms with Crippen LogP contribution in [0.5, 0.6) is 0 Å². The minimum Gasteiger partial charge on any atom is -0.349 e. The molecule has 0 atom stereocenters. The molecule has 0 fully saturated rings. The predicted octanol–water partition coefficient (Wildman–Crippen LogP) is 5.92. The maximum absolute atomic E-state index is 13.5. The Morgan fingerprint density at radius 2 is 1.81 bits per heavy atom. The summed E-state index contributed by atoms with van der Waals surface area (Å²) in [4.78, 5) is 21.6. The topological polar surface area (TPSA) is 50.7 Å². The smallest absolute Gasteiger partial charge is 0.283 e. The number of benzene rings is 3. The van der Waals surface area contributed by atoms with Crippen molar-refractivity contribution in [1.82, 2.24) is 14.5 Å². The third-order valence-electron chi connectivity index (χ3n) is 5.44. The summed E-state index contributed by atoms with van der Waals surface area (Å²) >= 11 is 1.51. The summed E-state index contributed by atoms with van der Waals surface area (Å²) in [5.74, 6) is 0.329. The highest BCUT2D eigenvalue weighted by Gasteiger charge is 2.17. The predicted molar refractivity (Wildman–Crippen MR) is 125 cm³/mol. The number of rotatable bonds is 4. The Kier molecular flexibility index (Phi) is 4.87. The maximum Gasteiger partial charge on any atom is 0.283 e. The van der Waals surface area contributed by atoms with Gasteiger partial charge in [0.15, 0.2) is 5.16 Å². The molecule has 0 aliphatic rings. The molecule has 3 aromatic carbocycles. The lowest BCUT2D eigenvalue weighted by molar-refractivity contribution is 0.627. The minimum atomic E-state index is -0.346. The molecule has 2 aromatic heterocycles. The molecule has 31 heavy (non-hydrogen) atoms. The molecule has 0 amide bonds. The van der Waals surface area contributed by atoms with Gasteiger partial charge in [0.05, 0.1) is 5.69 Å². The van der Waals surface area contributed by atoms with Gasteiger partial charge in [0.2, 0.25) is 0 Å². The maximum atomic E-state index is 13.5. The molecule has 0 aliphatic carbocycles. The van der Waals surface area contributed by atoms with Crippen LogP contribution in [0.4, 0.5) is 4.39 Å². The highest BCUT2D eigenvalue weighted by Crippen LogP contribution is 2.29. The highest BCUT2D eigenvalue weighted by atomic mass is 32.2. The SMILES string of the molecule is Cc1ccc(C)c(CSc2nc3c([nH]c4ccccc43)c(=O)n2-c2ccc(F)cc2)c1. The molecular weight excluding hydrogens is 409 g/mol. The Balaban J connectivity index is 1.71. The fourth-order valence-corrected chi connectivity index (χ4v) is 4.82. The van der Waals surface area contributed by atoms with Crippen molar-refractivity contribution in [1.29, 1.82) is 0 Å². The van der Waals surface area contributed by atoms with Crippen molar-refractivity contribution >= 4 is 33.7 Å². The van der Waals surface area contributed by atoms with Gasteiger partial charge in [0.1, 0.15) is 16.9 Å². The number of halogens is 1. The number of H-pyrrole nitrogens is 1. The van der Waals surface area contributed by atoms with Crippen LogP contribution in [0.25, 0.3) is 27.6 Å². The van der Waals surface area contributed by atoms with Gasteiger partial charge in [-0.15, -0.1) is 0 Å². The lowest BCUT2D eigenvalue weighted by Gasteiger charge is -2.13. The average Bonchev–Trinajstić information content (AvgIpc) is 3.14. The quantitative estimate of drug-likeness (QED) is 0.285. The summed E-state index contributed by atoms with van der Waals surface area (Å²) in [6, 6.07) is 20.0. The molecule has 0 aliphatic heterocycles. The van der Waals surface area contributed by atoms with E-state index in [4.69, 9.17) is 4.98 Å². The first-order chi connectivity index (χ1) is 15.0. The van der Waals surface area contributed by atoms with E-state index in [9.17, 15) is 9.18 Å². The molecule has 154 valence electrons. The minimum absolute atomic E-state index is 0.198. The summed E-state index contributed by atoms with van der Waals surface area (Å²) in [5, 5.41) is 1.49. The number of aromatic amines is 1. The second-order valence-corrected chi connectivity index (χ2v) is 8.57. The zero-order valence-electron chi connectivity index (χ0n) is 17.1. The van der Waals surface area contributed by atoms with Crippen molar-refractivity contribution in [3.05, 3.63) is 99.6 Å². The fourth-order valence-electron chi connectivity index (χ4n) is 3.76. The van der Waals surface area contributed by atoms with Gasteiger partial charge in [0, 0.05) is 16.7 Å². The monoisotopic (exact) mass is 429 g/mol. The van der Waals surface area contributed by atoms with Crippen LogP contribution >= 0.6 is 11.8 Å². The van der Waals surface area contributed by atoms with Crippen molar-refractivity contribution in [3.63, 3.8) is 0 Å². The molecule has 4 nitrogen and oxygen atoms in total. The Morgan fingerprint density at radius 1 is 1.03 bits per heavy atom. The number of fused-ring (bicyclic) bond motifs is 3. The van der Waals surface area contributed by atoms with Crippen molar-refractivity contribution in [2.45, 2.75) is 24.8 Å². The normalized spacial score (nSPS) is 11.5. The molecule has 1 N–H and O–H groups in total. The van der Waals surface area contributed by atoms with Crippen LogP contribution in [0.1, 0.15) is 16.7 Å². The largest absolute Gasteiger partial charge is 0.349 e. The molecule has 6 heteroatoms. The number of nitrogens with one attached hydrogen (secondary N) is 1. The second-order valence-electron chi connectivity index (χ2n) is 7.62. The van der Waals surface area contributed by atoms with Gasteiger partial charge in [-0.05, 0) is 55.3 Å². The van der Waals surface area contributed by atoms with E-state index in [-0.39, 0.29) is 11.4 Å². The van der Waals surface area contributed by atoms with Gasteiger partial charge in [-0.3, -0.25) is 9.36 Å². The van der Waals surface area contributed by atoms with E-state index in [2.05, 4.69) is 37.0 Å². The lowest BCUT2D eigenvalue weighted by atomic mass is 10.1. The lowest BCUT2D eigenvalue weighted by Crippen LogP contribution is -2.21. The molecule has 0 unspecified atom stereocenters. The number of hydrogen-bond donors (Lipinski definition) is 1. The number of aromatic nitrogens is 3. The number of hydrogen-bond acceptors (Lipinski definition) is 3. The van der Waals surface area contributed by atoms with E-state index in [0.29, 0.717) is 27.6 Å². The third kappa shape index (κ3) is 3.53. The van der Waals surface area contributed by atoms with Gasteiger partial charge >= 0.3 is 0 Å². The number of nitrogens with zero attached hydrogens (tertiary/aromatic N) is 2. The van der Waals surface area contributed by atoms with Crippen molar-refractivity contribution in [3.8, 4) is 5.69 Å². The zero-order chi connectivity index (χ0) is 21.5. The van der Waals surface area contributed by atoms with E-state index >= 15 is 0 Å². The van der Waals surface area contributed by atoms with Gasteiger partial charge in [0.25, 0.3) is 5.56 Å². The van der Waals surface area contributed by atoms with Crippen LogP contribution in [0.3, 0.4) is 0 Å². The molecule has 0 spiro atoms. The Hall–Kier alpha value is -3.38. The molecule has 0 radical (unpaired) electrons. The number of thioether (sulfide) groups is 1. The number of aryl methyl sites for hydroxylation is 2. The van der Waals surface area contributed by atoms with E-state index in [0.717, 1.165) is 10.9 Å². The van der Waals surface area contributed by atoms with Crippen molar-refractivity contribution in [2.24, 2.45) is 0 Å². The van der Waals surface area contributed by atoms with E-state index < -0.39 is 0 Å². The standard InChI is InChI=1S/C25H20FN3OS/c1-15-7-8-16(2)17(13-15)14-31-25-28-22-20-5-3-4-6-21(20)27-23(22)24(30)29(25)19-11-9-18(26)10-12-19/h3-13,27H,14H2,1-2H3. The first-order valence-corrected chi connectivity index (χ1v) is 11.0. The molecule has 0 saturated carbocycles. The van der Waals surface area contributed by atoms with Crippen LogP contribution < -0.4 is 5.56 Å². The molecule has 5 rings (SSSR count). The molecule has 2 heterocycles. The first-order valence-electron chi connectivity index (χ1n) is 9.99. The molecule has 0 saturated heterocycles. The van der Waals surface area contributed by atoms with Crippen LogP contribution in [-0.2, 0) is 5.75 Å². The van der Waals surface area contributed by atoms with Crippen molar-refractivity contribution in [2.75, 3.05) is 0 Å². The summed E-state index contributed by atoms with van der Waals surface area (Å²) in [7, 11) is 0. The molecule has 5 aromatic rings. The number of para-hydroxylation sites is 1. The fraction of sp³-hybridized carbons (Fsp3) is 0.120. The second kappa shape index (κ2) is 7.71. The summed E-state index contributed by atoms with van der Waals surface area (Å²) in [6.45, 7) is 4.15. The Labute approximate surface area is 182 Å². The van der Waals surface area contributed by atoms with Gasteiger partial charge in [-0.2, -0.15) is 0 Å². The summed E-state index contributed by atoms with van der Waals surface area (Å²) < 4.78 is 15.1. The first kappa shape index (κ1) is 19.6. The molecule has 0 bridgehead atoms. The van der Waals surface area contributed by atoms with Crippen LogP contribution in [0.2, 0.25) is 0 Å². The van der Waals surface area contributed by atoms with Crippen LogP contribution in [0.15, 0.2) is 76.7 Å². The summed E-state index contributed by atoms with van der Waals surface area (Å²) in [6.07, 6.45) is 0. The van der Waals surface area contributed by atoms with Crippen LogP contribution in [-0.4, -0.2) is 14.5 Å². The molecular formula is C25H20FN3OS. The van der Waals surface area contributed by atoms with Gasteiger partial charge in [-0.25, -0.2) is 9.37 Å².